The van der Waals surface area contributed by atoms with Crippen molar-refractivity contribution in [2.24, 2.45) is 11.7 Å². The number of carbonyl (C=O) groups is 2. The van der Waals surface area contributed by atoms with Crippen molar-refractivity contribution in [2.75, 3.05) is 19.7 Å². The van der Waals surface area contributed by atoms with E-state index in [0.717, 1.165) is 44.7 Å². The quantitative estimate of drug-likeness (QED) is 0.775. The summed E-state index contributed by atoms with van der Waals surface area (Å²) < 4.78 is 11.9. The summed E-state index contributed by atoms with van der Waals surface area (Å²) in [7, 11) is 0. The maximum atomic E-state index is 12.8. The van der Waals surface area contributed by atoms with Gasteiger partial charge < -0.3 is 19.8 Å². The molecule has 2 amide bonds. The zero-order chi connectivity index (χ0) is 21.3. The monoisotopic (exact) mass is 398 g/mol. The van der Waals surface area contributed by atoms with Crippen LogP contribution in [0.3, 0.4) is 0 Å². The van der Waals surface area contributed by atoms with Gasteiger partial charge >= 0.3 is 0 Å². The van der Waals surface area contributed by atoms with Gasteiger partial charge in [0.1, 0.15) is 17.1 Å². The third-order valence-electron chi connectivity index (χ3n) is 5.91. The Morgan fingerprint density at radius 2 is 1.90 bits per heavy atom. The predicted molar refractivity (Wildman–Crippen MR) is 114 cm³/mol. The van der Waals surface area contributed by atoms with Crippen molar-refractivity contribution < 1.29 is 18.7 Å². The summed E-state index contributed by atoms with van der Waals surface area (Å²) in [4.78, 5) is 25.9. The minimum Gasteiger partial charge on any atom is -0.493 e. The number of furan rings is 1. The van der Waals surface area contributed by atoms with Crippen LogP contribution < -0.4 is 10.5 Å². The van der Waals surface area contributed by atoms with Crippen LogP contribution in [-0.2, 0) is 9.59 Å². The fourth-order valence-corrected chi connectivity index (χ4v) is 3.97. The van der Waals surface area contributed by atoms with E-state index in [4.69, 9.17) is 14.9 Å². The number of nitrogens with two attached hydrogens (primary N) is 1. The van der Waals surface area contributed by atoms with E-state index in [9.17, 15) is 9.59 Å². The molecule has 1 aromatic heterocycles. The predicted octanol–water partition coefficient (Wildman–Crippen LogP) is 3.88. The molecule has 0 unspecified atom stereocenters. The number of carbonyl (C=O) groups excluding carboxylic acids is 2. The standard InChI is InChI=1S/C23H30N2O4/c1-6-28-21-15(4)22-19(14(3)16(5)29-22)12-18(21)13(2)11-20(26)25-9-7-17(8-10-25)23(24)27/h11-12,17H,6-10H2,1-5H3,(H2,24,27)/b13-11+. The van der Waals surface area contributed by atoms with Gasteiger partial charge in [-0.05, 0) is 64.7 Å². The SMILES string of the molecule is CCOc1c(/C(C)=C/C(=O)N2CCC(C(N)=O)CC2)cc2c(C)c(C)oc2c1C. The van der Waals surface area contributed by atoms with Gasteiger partial charge in [-0.2, -0.15) is 0 Å². The molecule has 29 heavy (non-hydrogen) atoms. The molecule has 0 saturated carbocycles. The van der Waals surface area contributed by atoms with Crippen LogP contribution in [0.4, 0.5) is 0 Å². The molecule has 0 atom stereocenters. The van der Waals surface area contributed by atoms with E-state index in [1.807, 2.05) is 34.6 Å². The van der Waals surface area contributed by atoms with E-state index in [1.165, 1.54) is 0 Å². The van der Waals surface area contributed by atoms with E-state index in [1.54, 1.807) is 11.0 Å². The zero-order valence-electron chi connectivity index (χ0n) is 17.9. The first-order valence-electron chi connectivity index (χ1n) is 10.2. The number of piperidine rings is 1. The second kappa shape index (κ2) is 8.31. The van der Waals surface area contributed by atoms with Gasteiger partial charge in [0.25, 0.3) is 0 Å². The van der Waals surface area contributed by atoms with E-state index in [0.29, 0.717) is 32.5 Å². The van der Waals surface area contributed by atoms with Gasteiger partial charge in [-0.25, -0.2) is 0 Å². The van der Waals surface area contributed by atoms with Gasteiger partial charge in [0, 0.05) is 41.6 Å². The summed E-state index contributed by atoms with van der Waals surface area (Å²) in [5.74, 6) is 1.18. The van der Waals surface area contributed by atoms with Gasteiger partial charge in [-0.15, -0.1) is 0 Å². The van der Waals surface area contributed by atoms with Crippen LogP contribution in [0.15, 0.2) is 16.6 Å². The first-order valence-corrected chi connectivity index (χ1v) is 10.2. The maximum absolute atomic E-state index is 12.8. The van der Waals surface area contributed by atoms with Crippen molar-refractivity contribution in [3.8, 4) is 5.75 Å². The lowest BCUT2D eigenvalue weighted by Gasteiger charge is -2.30. The third-order valence-corrected chi connectivity index (χ3v) is 5.91. The lowest BCUT2D eigenvalue weighted by molar-refractivity contribution is -0.130. The van der Waals surface area contributed by atoms with Crippen molar-refractivity contribution in [3.05, 3.63) is 34.6 Å². The Morgan fingerprint density at radius 1 is 1.24 bits per heavy atom. The number of allylic oxidation sites excluding steroid dienone is 1. The highest BCUT2D eigenvalue weighted by molar-refractivity contribution is 5.98. The molecule has 1 saturated heterocycles. The second-order valence-electron chi connectivity index (χ2n) is 7.80. The van der Waals surface area contributed by atoms with Gasteiger partial charge in [-0.1, -0.05) is 0 Å². The normalized spacial score (nSPS) is 15.8. The van der Waals surface area contributed by atoms with Crippen LogP contribution in [0, 0.1) is 26.7 Å². The summed E-state index contributed by atoms with van der Waals surface area (Å²) in [6.45, 7) is 11.5. The molecule has 0 aliphatic carbocycles. The number of aryl methyl sites for hydroxylation is 3. The molecule has 1 fully saturated rings. The molecule has 0 bridgehead atoms. The van der Waals surface area contributed by atoms with E-state index < -0.39 is 0 Å². The molecule has 6 nitrogen and oxygen atoms in total. The summed E-state index contributed by atoms with van der Waals surface area (Å²) in [6, 6.07) is 2.05. The van der Waals surface area contributed by atoms with E-state index in [2.05, 4.69) is 6.07 Å². The lowest BCUT2D eigenvalue weighted by atomic mass is 9.95. The molecule has 1 aliphatic rings. The first-order chi connectivity index (χ1) is 13.7. The Hall–Kier alpha value is -2.76. The highest BCUT2D eigenvalue weighted by atomic mass is 16.5. The summed E-state index contributed by atoms with van der Waals surface area (Å²) in [6.07, 6.45) is 2.91. The number of amides is 2. The minimum absolute atomic E-state index is 0.0503. The van der Waals surface area contributed by atoms with Crippen molar-refractivity contribution in [1.29, 1.82) is 0 Å². The summed E-state index contributed by atoms with van der Waals surface area (Å²) in [5, 5.41) is 1.04. The fourth-order valence-electron chi connectivity index (χ4n) is 3.97. The van der Waals surface area contributed by atoms with Crippen molar-refractivity contribution in [3.63, 3.8) is 0 Å². The van der Waals surface area contributed by atoms with Gasteiger partial charge in [0.2, 0.25) is 11.8 Å². The smallest absolute Gasteiger partial charge is 0.246 e. The Bertz CT molecular complexity index is 979. The van der Waals surface area contributed by atoms with Crippen molar-refractivity contribution in [2.45, 2.75) is 47.5 Å². The Labute approximate surface area is 171 Å². The molecule has 1 aromatic carbocycles. The van der Waals surface area contributed by atoms with Crippen molar-refractivity contribution >= 4 is 28.4 Å². The molecule has 6 heteroatoms. The molecule has 3 rings (SSSR count). The van der Waals surface area contributed by atoms with Crippen LogP contribution >= 0.6 is 0 Å². The van der Waals surface area contributed by atoms with Crippen LogP contribution in [0.2, 0.25) is 0 Å². The third kappa shape index (κ3) is 4.02. The Morgan fingerprint density at radius 3 is 2.48 bits per heavy atom. The second-order valence-corrected chi connectivity index (χ2v) is 7.80. The highest BCUT2D eigenvalue weighted by Gasteiger charge is 2.25. The number of ether oxygens (including phenoxy) is 1. The topological polar surface area (TPSA) is 85.8 Å². The van der Waals surface area contributed by atoms with Crippen molar-refractivity contribution in [1.82, 2.24) is 4.90 Å². The fraction of sp³-hybridized carbons (Fsp3) is 0.478. The van der Waals surface area contributed by atoms with Crippen LogP contribution in [0.25, 0.3) is 16.5 Å². The molecule has 0 spiro atoms. The number of nitrogens with zero attached hydrogens (tertiary/aromatic N) is 1. The number of likely N-dealkylation sites (tertiary alicyclic amines) is 1. The molecular weight excluding hydrogens is 368 g/mol. The number of hydrogen-bond acceptors (Lipinski definition) is 4. The Kier molecular flexibility index (Phi) is 6.01. The van der Waals surface area contributed by atoms with Gasteiger partial charge in [0.15, 0.2) is 0 Å². The number of fused-ring (bicyclic) bond motifs is 1. The van der Waals surface area contributed by atoms with E-state index >= 15 is 0 Å². The summed E-state index contributed by atoms with van der Waals surface area (Å²) in [5.41, 5.74) is 10.0. The lowest BCUT2D eigenvalue weighted by Crippen LogP contribution is -2.41. The highest BCUT2D eigenvalue weighted by Crippen LogP contribution is 2.39. The van der Waals surface area contributed by atoms with Gasteiger partial charge in [-0.3, -0.25) is 9.59 Å². The molecular formula is C23H30N2O4. The maximum Gasteiger partial charge on any atom is 0.246 e. The zero-order valence-corrected chi connectivity index (χ0v) is 17.9. The number of rotatable bonds is 5. The van der Waals surface area contributed by atoms with Crippen LogP contribution in [0.5, 0.6) is 5.75 Å². The molecule has 156 valence electrons. The number of primary amides is 1. The first kappa shape index (κ1) is 21.0. The Balaban J connectivity index is 1.94. The molecule has 0 radical (unpaired) electrons. The minimum atomic E-state index is -0.278. The average Bonchev–Trinajstić information content (AvgIpc) is 2.98. The molecule has 2 heterocycles. The average molecular weight is 399 g/mol. The molecule has 2 N–H and O–H groups in total. The largest absolute Gasteiger partial charge is 0.493 e. The number of hydrogen-bond donors (Lipinski definition) is 1. The molecule has 1 aliphatic heterocycles. The number of benzene rings is 1. The van der Waals surface area contributed by atoms with E-state index in [-0.39, 0.29) is 17.7 Å². The summed E-state index contributed by atoms with van der Waals surface area (Å²) >= 11 is 0. The van der Waals surface area contributed by atoms with Crippen LogP contribution in [0.1, 0.15) is 49.1 Å². The molecule has 2 aromatic rings. The van der Waals surface area contributed by atoms with Gasteiger partial charge in [0.05, 0.1) is 6.61 Å². The van der Waals surface area contributed by atoms with Crippen LogP contribution in [-0.4, -0.2) is 36.4 Å².